The number of halogens is 1. The van der Waals surface area contributed by atoms with Gasteiger partial charge in [-0.1, -0.05) is 23.4 Å². The number of nitrogens with one attached hydrogen (secondary N) is 2. The highest BCUT2D eigenvalue weighted by molar-refractivity contribution is 5.82. The fourth-order valence-corrected chi connectivity index (χ4v) is 2.39. The Kier molecular flexibility index (Phi) is 4.63. The third-order valence-electron chi connectivity index (χ3n) is 3.52. The van der Waals surface area contributed by atoms with Gasteiger partial charge in [-0.05, 0) is 6.07 Å². The molecule has 1 amide bonds. The molecule has 1 fully saturated rings. The standard InChI is InChI=1S/C15H17FN4O3/c1-9-18-14(20-23-9)13(10-4-2-3-5-11(10)16)19-15(21)12-8-17-6-7-22-12/h2-5,12-13,17H,6-8H2,1H3,(H,19,21)/t12-,13+/m0/s1. The van der Waals surface area contributed by atoms with Crippen LogP contribution in [-0.2, 0) is 9.53 Å². The van der Waals surface area contributed by atoms with Gasteiger partial charge in [0, 0.05) is 25.6 Å². The van der Waals surface area contributed by atoms with Crippen LogP contribution >= 0.6 is 0 Å². The molecule has 1 saturated heterocycles. The molecule has 0 radical (unpaired) electrons. The monoisotopic (exact) mass is 320 g/mol. The predicted octanol–water partition coefficient (Wildman–Crippen LogP) is 0.711. The number of morpholine rings is 1. The van der Waals surface area contributed by atoms with Crippen molar-refractivity contribution < 1.29 is 18.4 Å². The van der Waals surface area contributed by atoms with Crippen LogP contribution in [0.2, 0.25) is 0 Å². The Bertz CT molecular complexity index is 685. The number of hydrogen-bond acceptors (Lipinski definition) is 6. The van der Waals surface area contributed by atoms with E-state index in [-0.39, 0.29) is 17.3 Å². The Balaban J connectivity index is 1.86. The lowest BCUT2D eigenvalue weighted by Gasteiger charge is -2.25. The molecule has 2 N–H and O–H groups in total. The lowest BCUT2D eigenvalue weighted by Crippen LogP contribution is -2.48. The molecule has 0 saturated carbocycles. The summed E-state index contributed by atoms with van der Waals surface area (Å²) in [5, 5.41) is 9.63. The zero-order valence-electron chi connectivity index (χ0n) is 12.6. The van der Waals surface area contributed by atoms with Gasteiger partial charge >= 0.3 is 0 Å². The quantitative estimate of drug-likeness (QED) is 0.862. The normalized spacial score (nSPS) is 19.3. The van der Waals surface area contributed by atoms with Crippen LogP contribution in [0.5, 0.6) is 0 Å². The fourth-order valence-electron chi connectivity index (χ4n) is 2.39. The topological polar surface area (TPSA) is 89.3 Å². The van der Waals surface area contributed by atoms with E-state index in [0.717, 1.165) is 0 Å². The summed E-state index contributed by atoms with van der Waals surface area (Å²) in [6, 6.07) is 5.31. The number of aromatic nitrogens is 2. The van der Waals surface area contributed by atoms with Crippen molar-refractivity contribution in [2.24, 2.45) is 0 Å². The molecule has 23 heavy (non-hydrogen) atoms. The third kappa shape index (κ3) is 3.54. The van der Waals surface area contributed by atoms with E-state index in [9.17, 15) is 9.18 Å². The van der Waals surface area contributed by atoms with E-state index in [1.807, 2.05) is 0 Å². The van der Waals surface area contributed by atoms with Gasteiger partial charge in [0.05, 0.1) is 6.61 Å². The van der Waals surface area contributed by atoms with E-state index in [1.165, 1.54) is 6.07 Å². The molecule has 122 valence electrons. The van der Waals surface area contributed by atoms with Crippen LogP contribution in [0.4, 0.5) is 4.39 Å². The second kappa shape index (κ2) is 6.84. The maximum atomic E-state index is 14.1. The van der Waals surface area contributed by atoms with Crippen molar-refractivity contribution >= 4 is 5.91 Å². The van der Waals surface area contributed by atoms with Crippen molar-refractivity contribution in [2.45, 2.75) is 19.1 Å². The lowest BCUT2D eigenvalue weighted by molar-refractivity contribution is -0.134. The number of carbonyl (C=O) groups is 1. The molecule has 0 unspecified atom stereocenters. The minimum absolute atomic E-state index is 0.199. The molecule has 8 heteroatoms. The van der Waals surface area contributed by atoms with Crippen LogP contribution < -0.4 is 10.6 Å². The Labute approximate surface area is 132 Å². The highest BCUT2D eigenvalue weighted by atomic mass is 19.1. The van der Waals surface area contributed by atoms with Crippen molar-refractivity contribution in [2.75, 3.05) is 19.7 Å². The molecule has 2 atom stereocenters. The third-order valence-corrected chi connectivity index (χ3v) is 3.52. The SMILES string of the molecule is Cc1nc([C@H](NC(=O)[C@@H]2CNCCO2)c2ccccc2F)no1. The lowest BCUT2D eigenvalue weighted by atomic mass is 10.0. The minimum atomic E-state index is -0.841. The molecular weight excluding hydrogens is 303 g/mol. The summed E-state index contributed by atoms with van der Waals surface area (Å²) in [4.78, 5) is 16.5. The van der Waals surface area contributed by atoms with Gasteiger partial charge in [-0.3, -0.25) is 4.79 Å². The zero-order chi connectivity index (χ0) is 16.2. The minimum Gasteiger partial charge on any atom is -0.366 e. The predicted molar refractivity (Wildman–Crippen MR) is 78.0 cm³/mol. The summed E-state index contributed by atoms with van der Waals surface area (Å²) in [7, 11) is 0. The van der Waals surface area contributed by atoms with E-state index >= 15 is 0 Å². The smallest absolute Gasteiger partial charge is 0.251 e. The van der Waals surface area contributed by atoms with Crippen LogP contribution in [0, 0.1) is 12.7 Å². The summed E-state index contributed by atoms with van der Waals surface area (Å²) >= 11 is 0. The zero-order valence-corrected chi connectivity index (χ0v) is 12.6. The largest absolute Gasteiger partial charge is 0.366 e. The number of nitrogens with zero attached hydrogens (tertiary/aromatic N) is 2. The summed E-state index contributed by atoms with van der Waals surface area (Å²) in [6.07, 6.45) is -0.633. The maximum Gasteiger partial charge on any atom is 0.251 e. The second-order valence-electron chi connectivity index (χ2n) is 5.20. The fraction of sp³-hybridized carbons (Fsp3) is 0.400. The Morgan fingerprint density at radius 2 is 2.30 bits per heavy atom. The first-order chi connectivity index (χ1) is 11.1. The van der Waals surface area contributed by atoms with Crippen LogP contribution in [-0.4, -0.2) is 41.8 Å². The maximum absolute atomic E-state index is 14.1. The molecule has 7 nitrogen and oxygen atoms in total. The molecule has 0 bridgehead atoms. The number of hydrogen-bond donors (Lipinski definition) is 2. The molecule has 0 aliphatic carbocycles. The van der Waals surface area contributed by atoms with E-state index in [0.29, 0.717) is 25.6 Å². The number of aryl methyl sites for hydroxylation is 1. The molecule has 1 aliphatic heterocycles. The van der Waals surface area contributed by atoms with Crippen molar-refractivity contribution in [1.29, 1.82) is 0 Å². The van der Waals surface area contributed by atoms with Gasteiger partial charge in [0.2, 0.25) is 5.89 Å². The van der Waals surface area contributed by atoms with Gasteiger partial charge < -0.3 is 19.9 Å². The van der Waals surface area contributed by atoms with Crippen molar-refractivity contribution in [3.8, 4) is 0 Å². The Morgan fingerprint density at radius 1 is 1.48 bits per heavy atom. The molecule has 2 heterocycles. The van der Waals surface area contributed by atoms with Crippen molar-refractivity contribution in [1.82, 2.24) is 20.8 Å². The number of rotatable bonds is 4. The van der Waals surface area contributed by atoms with Crippen molar-refractivity contribution in [3.05, 3.63) is 47.4 Å². The van der Waals surface area contributed by atoms with Crippen LogP contribution in [0.1, 0.15) is 23.3 Å². The highest BCUT2D eigenvalue weighted by Gasteiger charge is 2.29. The number of carbonyl (C=O) groups excluding carboxylic acids is 1. The van der Waals surface area contributed by atoms with Crippen LogP contribution in [0.3, 0.4) is 0 Å². The van der Waals surface area contributed by atoms with E-state index in [2.05, 4.69) is 20.8 Å². The van der Waals surface area contributed by atoms with Crippen LogP contribution in [0.25, 0.3) is 0 Å². The van der Waals surface area contributed by atoms with Gasteiger partial charge in [0.15, 0.2) is 5.82 Å². The summed E-state index contributed by atoms with van der Waals surface area (Å²) in [5.74, 6) is -0.272. The van der Waals surface area contributed by atoms with Gasteiger partial charge in [-0.25, -0.2) is 4.39 Å². The van der Waals surface area contributed by atoms with Gasteiger partial charge in [0.25, 0.3) is 5.91 Å². The summed E-state index contributed by atoms with van der Waals surface area (Å²) in [6.45, 7) is 3.18. The van der Waals surface area contributed by atoms with E-state index in [1.54, 1.807) is 25.1 Å². The van der Waals surface area contributed by atoms with Gasteiger partial charge in [-0.15, -0.1) is 0 Å². The molecule has 1 aliphatic rings. The first kappa shape index (κ1) is 15.6. The number of ether oxygens (including phenoxy) is 1. The molecule has 1 aromatic carbocycles. The molecule has 0 spiro atoms. The van der Waals surface area contributed by atoms with Crippen LogP contribution in [0.15, 0.2) is 28.8 Å². The van der Waals surface area contributed by atoms with E-state index in [4.69, 9.17) is 9.26 Å². The van der Waals surface area contributed by atoms with Gasteiger partial charge in [-0.2, -0.15) is 4.98 Å². The number of benzene rings is 1. The number of amides is 1. The Morgan fingerprint density at radius 3 is 2.96 bits per heavy atom. The second-order valence-corrected chi connectivity index (χ2v) is 5.20. The summed E-state index contributed by atoms with van der Waals surface area (Å²) < 4.78 is 24.5. The average Bonchev–Trinajstić information content (AvgIpc) is 3.00. The van der Waals surface area contributed by atoms with E-state index < -0.39 is 18.0 Å². The highest BCUT2D eigenvalue weighted by Crippen LogP contribution is 2.22. The Hall–Kier alpha value is -2.32. The molecular formula is C15H17FN4O3. The molecule has 2 aromatic rings. The first-order valence-corrected chi connectivity index (χ1v) is 7.32. The van der Waals surface area contributed by atoms with Crippen molar-refractivity contribution in [3.63, 3.8) is 0 Å². The first-order valence-electron chi connectivity index (χ1n) is 7.32. The summed E-state index contributed by atoms with van der Waals surface area (Å²) in [5.41, 5.74) is 0.269. The molecule has 1 aromatic heterocycles. The average molecular weight is 320 g/mol. The van der Waals surface area contributed by atoms with Gasteiger partial charge in [0.1, 0.15) is 18.0 Å². The molecule has 3 rings (SSSR count).